The molecule has 1 saturated heterocycles. The van der Waals surface area contributed by atoms with Gasteiger partial charge in [-0.3, -0.25) is 4.90 Å². The first-order chi connectivity index (χ1) is 21.5. The molecule has 9 heteroatoms. The molecule has 3 heterocycles. The average Bonchev–Trinajstić information content (AvgIpc) is 2.97. The molecule has 2 aromatic carbocycles. The van der Waals surface area contributed by atoms with Gasteiger partial charge in [-0.2, -0.15) is 0 Å². The van der Waals surface area contributed by atoms with Crippen molar-refractivity contribution in [3.63, 3.8) is 0 Å². The predicted octanol–water partition coefficient (Wildman–Crippen LogP) is 7.84. The Kier molecular flexibility index (Phi) is 9.56. The molecule has 5 rings (SSSR count). The Morgan fingerprint density at radius 3 is 2.35 bits per heavy atom. The van der Waals surface area contributed by atoms with Crippen molar-refractivity contribution in [3.05, 3.63) is 80.6 Å². The molecule has 0 aliphatic carbocycles. The van der Waals surface area contributed by atoms with Crippen LogP contribution in [0.3, 0.4) is 0 Å². The normalized spacial score (nSPS) is 17.4. The molecule has 0 saturated carbocycles. The van der Waals surface area contributed by atoms with Crippen LogP contribution in [0.5, 0.6) is 0 Å². The lowest BCUT2D eigenvalue weighted by molar-refractivity contribution is -0.160. The average molecular weight is 648 g/mol. The van der Waals surface area contributed by atoms with E-state index >= 15 is 0 Å². The maximum absolute atomic E-state index is 12.8. The van der Waals surface area contributed by atoms with Crippen molar-refractivity contribution in [3.8, 4) is 11.1 Å². The predicted molar refractivity (Wildman–Crippen MR) is 182 cm³/mol. The minimum absolute atomic E-state index is 0.0763. The molecule has 2 aliphatic rings. The van der Waals surface area contributed by atoms with Crippen LogP contribution in [-0.4, -0.2) is 57.3 Å². The molecule has 8 nitrogen and oxygen atoms in total. The highest BCUT2D eigenvalue weighted by Crippen LogP contribution is 2.45. The third-order valence-corrected chi connectivity index (χ3v) is 9.67. The molecular formula is C37H46ClN3O5. The van der Waals surface area contributed by atoms with Crippen molar-refractivity contribution < 1.29 is 24.5 Å². The Labute approximate surface area is 277 Å². The van der Waals surface area contributed by atoms with Gasteiger partial charge in [0.2, 0.25) is 0 Å². The summed E-state index contributed by atoms with van der Waals surface area (Å²) in [6, 6.07) is 12.1. The zero-order valence-electron chi connectivity index (χ0n) is 28.0. The van der Waals surface area contributed by atoms with Crippen LogP contribution < -0.4 is 4.90 Å². The number of fused-ring (bicyclic) bond motifs is 1. The number of aryl methyl sites for hydroxylation is 2. The van der Waals surface area contributed by atoms with E-state index in [4.69, 9.17) is 16.3 Å². The monoisotopic (exact) mass is 647 g/mol. The number of aliphatic carboxylic acids is 1. The molecule has 1 fully saturated rings. The van der Waals surface area contributed by atoms with E-state index in [0.717, 1.165) is 60.6 Å². The third-order valence-electron chi connectivity index (χ3n) is 9.31. The molecule has 1 aromatic heterocycles. The largest absolute Gasteiger partial charge is 0.479 e. The zero-order chi connectivity index (χ0) is 33.6. The van der Waals surface area contributed by atoms with E-state index in [2.05, 4.69) is 53.8 Å². The van der Waals surface area contributed by atoms with Crippen LogP contribution in [0.4, 0.5) is 5.69 Å². The van der Waals surface area contributed by atoms with Crippen LogP contribution >= 0.6 is 11.6 Å². The molecule has 0 radical (unpaired) electrons. The number of aromatic nitrogens is 1. The van der Waals surface area contributed by atoms with E-state index in [1.807, 2.05) is 39.0 Å². The number of piperidine rings is 1. The highest BCUT2D eigenvalue weighted by Gasteiger charge is 2.38. The number of benzene rings is 2. The minimum Gasteiger partial charge on any atom is -0.479 e. The fourth-order valence-corrected chi connectivity index (χ4v) is 6.97. The first kappa shape index (κ1) is 33.9. The van der Waals surface area contributed by atoms with Gasteiger partial charge in [-0.05, 0) is 93.2 Å². The lowest BCUT2D eigenvalue weighted by Gasteiger charge is -2.41. The van der Waals surface area contributed by atoms with Crippen molar-refractivity contribution in [2.24, 2.45) is 5.41 Å². The lowest BCUT2D eigenvalue weighted by Crippen LogP contribution is -2.39. The van der Waals surface area contributed by atoms with Crippen molar-refractivity contribution in [2.45, 2.75) is 92.5 Å². The Hall–Kier alpha value is -3.46. The number of halogens is 1. The minimum atomic E-state index is -1.32. The van der Waals surface area contributed by atoms with Crippen LogP contribution in [0.2, 0.25) is 5.02 Å². The number of hydrogen-bond acceptors (Lipinski definition) is 6. The van der Waals surface area contributed by atoms with E-state index in [-0.39, 0.29) is 11.1 Å². The summed E-state index contributed by atoms with van der Waals surface area (Å²) in [5.74, 6) is -2.28. The SMILES string of the molecule is Cc1cccc(Cl)c1CN1CCc2cc(-c3c(C(=O)O)nc(C)c([C@H](OC(C)(C)C)C(=O)O)c3N3CCC(C)(C)CC3)ccc2C1. The van der Waals surface area contributed by atoms with Gasteiger partial charge in [0.25, 0.3) is 0 Å². The molecule has 1 atom stereocenters. The second-order valence-corrected chi connectivity index (χ2v) is 15.0. The third kappa shape index (κ3) is 7.24. The number of anilines is 1. The molecule has 0 amide bonds. The first-order valence-electron chi connectivity index (χ1n) is 16.1. The quantitative estimate of drug-likeness (QED) is 0.255. The smallest absolute Gasteiger partial charge is 0.355 e. The van der Waals surface area contributed by atoms with Gasteiger partial charge in [0.05, 0.1) is 11.3 Å². The Morgan fingerprint density at radius 2 is 1.74 bits per heavy atom. The Bertz CT molecular complexity index is 1630. The number of hydrogen-bond donors (Lipinski definition) is 2. The summed E-state index contributed by atoms with van der Waals surface area (Å²) in [6.45, 7) is 17.4. The van der Waals surface area contributed by atoms with Crippen LogP contribution in [-0.2, 0) is 29.0 Å². The number of carboxylic acids is 2. The highest BCUT2D eigenvalue weighted by molar-refractivity contribution is 6.31. The van der Waals surface area contributed by atoms with Crippen LogP contribution in [0.15, 0.2) is 36.4 Å². The van der Waals surface area contributed by atoms with Gasteiger partial charge in [-0.1, -0.05) is 55.8 Å². The highest BCUT2D eigenvalue weighted by atomic mass is 35.5. The van der Waals surface area contributed by atoms with Gasteiger partial charge in [0.15, 0.2) is 11.8 Å². The van der Waals surface area contributed by atoms with Crippen molar-refractivity contribution >= 4 is 29.2 Å². The summed E-state index contributed by atoms with van der Waals surface area (Å²) < 4.78 is 6.17. The molecule has 3 aromatic rings. The van der Waals surface area contributed by atoms with E-state index in [9.17, 15) is 19.8 Å². The number of pyridine rings is 1. The molecule has 246 valence electrons. The summed E-state index contributed by atoms with van der Waals surface area (Å²) in [5.41, 5.74) is 6.46. The van der Waals surface area contributed by atoms with Crippen molar-refractivity contribution in [1.82, 2.24) is 9.88 Å². The van der Waals surface area contributed by atoms with Crippen molar-refractivity contribution in [1.29, 1.82) is 0 Å². The molecular weight excluding hydrogens is 602 g/mol. The number of aromatic carboxylic acids is 1. The molecule has 0 bridgehead atoms. The zero-order valence-corrected chi connectivity index (χ0v) is 28.8. The first-order valence-corrected chi connectivity index (χ1v) is 16.4. The summed E-state index contributed by atoms with van der Waals surface area (Å²) in [4.78, 5) is 34.8. The number of nitrogens with zero attached hydrogens (tertiary/aromatic N) is 3. The van der Waals surface area contributed by atoms with Crippen molar-refractivity contribution in [2.75, 3.05) is 24.5 Å². The summed E-state index contributed by atoms with van der Waals surface area (Å²) in [7, 11) is 0. The van der Waals surface area contributed by atoms with E-state index in [0.29, 0.717) is 35.6 Å². The van der Waals surface area contributed by atoms with Crippen LogP contribution in [0.25, 0.3) is 11.1 Å². The summed E-state index contributed by atoms with van der Waals surface area (Å²) in [5, 5.41) is 21.7. The second kappa shape index (κ2) is 13.0. The second-order valence-electron chi connectivity index (χ2n) is 14.6. The maximum Gasteiger partial charge on any atom is 0.355 e. The summed E-state index contributed by atoms with van der Waals surface area (Å²) in [6.07, 6.45) is 1.24. The summed E-state index contributed by atoms with van der Waals surface area (Å²) >= 11 is 6.54. The molecule has 0 unspecified atom stereocenters. The van der Waals surface area contributed by atoms with Gasteiger partial charge in [-0.15, -0.1) is 0 Å². The van der Waals surface area contributed by atoms with Crippen LogP contribution in [0.1, 0.15) is 97.6 Å². The number of carboxylic acid groups (broad SMARTS) is 2. The van der Waals surface area contributed by atoms with Gasteiger partial charge in [-0.25, -0.2) is 14.6 Å². The topological polar surface area (TPSA) is 103 Å². The van der Waals surface area contributed by atoms with Gasteiger partial charge in [0, 0.05) is 54.6 Å². The fourth-order valence-electron chi connectivity index (χ4n) is 6.69. The molecule has 46 heavy (non-hydrogen) atoms. The van der Waals surface area contributed by atoms with Gasteiger partial charge >= 0.3 is 11.9 Å². The van der Waals surface area contributed by atoms with Gasteiger partial charge in [0.1, 0.15) is 0 Å². The van der Waals surface area contributed by atoms with Crippen LogP contribution in [0, 0.1) is 19.3 Å². The fraction of sp³-hybridized carbons (Fsp3) is 0.486. The standard InChI is InChI=1S/C37H46ClN3O5/c1-22-9-8-10-28(38)27(22)21-40-16-13-24-19-25(11-12-26(24)20-40)30-31(34(42)43)39-23(2)29(33(35(44)45)46-36(3,4)5)32(30)41-17-14-37(6,7)15-18-41/h8-12,19,33H,13-18,20-21H2,1-7H3,(H,42,43)(H,44,45)/t33-/m0/s1. The molecule has 2 N–H and O–H groups in total. The Balaban J connectivity index is 1.63. The maximum atomic E-state index is 12.8. The lowest BCUT2D eigenvalue weighted by atomic mass is 9.81. The Morgan fingerprint density at radius 1 is 1.04 bits per heavy atom. The molecule has 0 spiro atoms. The number of ether oxygens (including phenoxy) is 1. The molecule has 2 aliphatic heterocycles. The number of carbonyl (C=O) groups is 2. The number of rotatable bonds is 8. The van der Waals surface area contributed by atoms with Gasteiger partial charge < -0.3 is 19.8 Å². The van der Waals surface area contributed by atoms with E-state index in [1.54, 1.807) is 6.92 Å². The van der Waals surface area contributed by atoms with E-state index in [1.165, 1.54) is 11.1 Å². The van der Waals surface area contributed by atoms with E-state index < -0.39 is 23.6 Å².